The molecule has 29 heavy (non-hydrogen) atoms. The number of nitrogens with one attached hydrogen (secondary N) is 1. The van der Waals surface area contributed by atoms with Crippen molar-refractivity contribution in [2.24, 2.45) is 5.10 Å². The Morgan fingerprint density at radius 1 is 1.17 bits per heavy atom. The molecule has 7 nitrogen and oxygen atoms in total. The van der Waals surface area contributed by atoms with Crippen LogP contribution in [0.3, 0.4) is 0 Å². The van der Waals surface area contributed by atoms with Crippen molar-refractivity contribution in [3.8, 4) is 5.75 Å². The number of hydrazone groups is 1. The van der Waals surface area contributed by atoms with Crippen LogP contribution in [-0.2, 0) is 9.59 Å². The number of rotatable bonds is 4. The van der Waals surface area contributed by atoms with E-state index in [-0.39, 0.29) is 10.9 Å². The fourth-order valence-electron chi connectivity index (χ4n) is 3.20. The lowest BCUT2D eigenvalue weighted by Gasteiger charge is -2.21. The monoisotopic (exact) mass is 407 g/mol. The van der Waals surface area contributed by atoms with Gasteiger partial charge in [0.05, 0.1) is 23.8 Å². The first-order valence-electron chi connectivity index (χ1n) is 8.90. The van der Waals surface area contributed by atoms with Crippen molar-refractivity contribution in [1.82, 2.24) is 10.3 Å². The van der Waals surface area contributed by atoms with E-state index in [1.165, 1.54) is 11.1 Å². The molecule has 1 fully saturated rings. The summed E-state index contributed by atoms with van der Waals surface area (Å²) in [6.45, 7) is 0. The maximum absolute atomic E-state index is 13.0. The van der Waals surface area contributed by atoms with E-state index in [0.717, 1.165) is 16.8 Å². The molecule has 2 aliphatic rings. The summed E-state index contributed by atoms with van der Waals surface area (Å²) in [4.78, 5) is 36.2. The minimum atomic E-state index is -0.569. The predicted octanol–water partition coefficient (Wildman–Crippen LogP) is 3.24. The van der Waals surface area contributed by atoms with E-state index >= 15 is 0 Å². The van der Waals surface area contributed by atoms with E-state index in [2.05, 4.69) is 10.4 Å². The third kappa shape index (κ3) is 3.93. The minimum absolute atomic E-state index is 0.0665. The molecule has 1 N–H and O–H groups in total. The van der Waals surface area contributed by atoms with E-state index in [1.54, 1.807) is 7.11 Å². The van der Waals surface area contributed by atoms with Gasteiger partial charge in [-0.05, 0) is 35.0 Å². The molecule has 8 heteroatoms. The van der Waals surface area contributed by atoms with Crippen LogP contribution in [0.2, 0.25) is 0 Å². The Kier molecular flexibility index (Phi) is 5.18. The van der Waals surface area contributed by atoms with E-state index in [4.69, 9.17) is 4.74 Å². The maximum Gasteiger partial charge on any atom is 0.290 e. The Balaban J connectivity index is 1.67. The molecular weight excluding hydrogens is 390 g/mol. The van der Waals surface area contributed by atoms with Gasteiger partial charge in [-0.25, -0.2) is 5.01 Å². The molecule has 146 valence electrons. The summed E-state index contributed by atoms with van der Waals surface area (Å²) < 4.78 is 5.21. The number of carbonyl (C=O) groups excluding carboxylic acids is 3. The molecule has 1 atom stereocenters. The van der Waals surface area contributed by atoms with Crippen LogP contribution in [0, 0.1) is 0 Å². The zero-order chi connectivity index (χ0) is 20.4. The van der Waals surface area contributed by atoms with Crippen LogP contribution in [0.5, 0.6) is 5.75 Å². The van der Waals surface area contributed by atoms with Crippen LogP contribution in [0.1, 0.15) is 23.6 Å². The Labute approximate surface area is 171 Å². The van der Waals surface area contributed by atoms with Crippen LogP contribution in [0.25, 0.3) is 0 Å². The summed E-state index contributed by atoms with van der Waals surface area (Å²) in [6.07, 6.45) is 1.70. The quantitative estimate of drug-likeness (QED) is 0.786. The molecule has 2 aromatic carbocycles. The van der Waals surface area contributed by atoms with Gasteiger partial charge in [0.15, 0.2) is 0 Å². The molecule has 1 saturated heterocycles. The van der Waals surface area contributed by atoms with Crippen LogP contribution < -0.4 is 10.1 Å². The number of carbonyl (C=O) groups is 3. The first-order valence-corrected chi connectivity index (χ1v) is 9.71. The number of methoxy groups -OCH3 is 1. The van der Waals surface area contributed by atoms with E-state index in [1.807, 2.05) is 54.6 Å². The van der Waals surface area contributed by atoms with Crippen LogP contribution in [0.15, 0.2) is 70.7 Å². The molecule has 2 aromatic rings. The third-order valence-electron chi connectivity index (χ3n) is 4.64. The third-order valence-corrected chi connectivity index (χ3v) is 5.45. The molecule has 1 unspecified atom stereocenters. The Hall–Kier alpha value is -3.39. The van der Waals surface area contributed by atoms with E-state index in [0.29, 0.717) is 23.9 Å². The van der Waals surface area contributed by atoms with Gasteiger partial charge in [-0.2, -0.15) is 5.10 Å². The molecule has 3 amide bonds. The highest BCUT2D eigenvalue weighted by molar-refractivity contribution is 8.18. The van der Waals surface area contributed by atoms with Gasteiger partial charge in [-0.3, -0.25) is 19.7 Å². The van der Waals surface area contributed by atoms with Gasteiger partial charge < -0.3 is 4.74 Å². The number of amides is 3. The molecule has 0 radical (unpaired) electrons. The summed E-state index contributed by atoms with van der Waals surface area (Å²) in [5.41, 5.74) is 2.60. The minimum Gasteiger partial charge on any atom is -0.497 e. The number of hydrogen-bond acceptors (Lipinski definition) is 6. The van der Waals surface area contributed by atoms with Gasteiger partial charge in [0.1, 0.15) is 5.75 Å². The first kappa shape index (κ1) is 18.9. The van der Waals surface area contributed by atoms with Gasteiger partial charge in [-0.15, -0.1) is 0 Å². The molecule has 0 bridgehead atoms. The highest BCUT2D eigenvalue weighted by Gasteiger charge is 2.34. The van der Waals surface area contributed by atoms with Crippen LogP contribution in [0.4, 0.5) is 4.79 Å². The molecule has 2 aliphatic heterocycles. The number of ether oxygens (including phenoxy) is 1. The van der Waals surface area contributed by atoms with Gasteiger partial charge >= 0.3 is 0 Å². The van der Waals surface area contributed by atoms with E-state index in [9.17, 15) is 14.4 Å². The van der Waals surface area contributed by atoms with Gasteiger partial charge in [0.2, 0.25) is 0 Å². The number of imide groups is 1. The summed E-state index contributed by atoms with van der Waals surface area (Å²) in [5, 5.41) is 7.57. The van der Waals surface area contributed by atoms with Crippen molar-refractivity contribution < 1.29 is 19.1 Å². The predicted molar refractivity (Wildman–Crippen MR) is 109 cm³/mol. The normalized spacial score (nSPS) is 20.0. The zero-order valence-electron chi connectivity index (χ0n) is 15.5. The lowest BCUT2D eigenvalue weighted by atomic mass is 9.98. The average molecular weight is 407 g/mol. The van der Waals surface area contributed by atoms with Gasteiger partial charge in [0, 0.05) is 12.5 Å². The number of nitrogens with zero attached hydrogens (tertiary/aromatic N) is 2. The summed E-state index contributed by atoms with van der Waals surface area (Å²) >= 11 is 0.709. The van der Waals surface area contributed by atoms with Crippen molar-refractivity contribution in [2.45, 2.75) is 12.5 Å². The Bertz CT molecular complexity index is 1030. The largest absolute Gasteiger partial charge is 0.497 e. The summed E-state index contributed by atoms with van der Waals surface area (Å²) in [6, 6.07) is 16.7. The second-order valence-electron chi connectivity index (χ2n) is 6.44. The zero-order valence-corrected chi connectivity index (χ0v) is 16.3. The molecule has 2 heterocycles. The van der Waals surface area contributed by atoms with Crippen molar-refractivity contribution >= 4 is 34.5 Å². The van der Waals surface area contributed by atoms with Gasteiger partial charge in [-0.1, -0.05) is 42.5 Å². The topological polar surface area (TPSA) is 88.1 Å². The molecular formula is C21H17N3O4S. The maximum atomic E-state index is 13.0. The lowest BCUT2D eigenvalue weighted by Crippen LogP contribution is -2.26. The van der Waals surface area contributed by atoms with Crippen molar-refractivity contribution in [1.29, 1.82) is 0 Å². The average Bonchev–Trinajstić information content (AvgIpc) is 3.32. The van der Waals surface area contributed by atoms with Crippen LogP contribution >= 0.6 is 11.8 Å². The fraction of sp³-hybridized carbons (Fsp3) is 0.143. The summed E-state index contributed by atoms with van der Waals surface area (Å²) in [7, 11) is 1.59. The molecule has 4 rings (SSSR count). The highest BCUT2D eigenvalue weighted by atomic mass is 32.2. The van der Waals surface area contributed by atoms with Crippen molar-refractivity contribution in [2.75, 3.05) is 7.11 Å². The smallest absolute Gasteiger partial charge is 0.290 e. The Morgan fingerprint density at radius 3 is 2.52 bits per heavy atom. The SMILES string of the molecule is COc1ccc(C2CC(c3ccccc3)=NN2C(=O)/C=C2\SC(=O)NC2=O)cc1. The van der Waals surface area contributed by atoms with E-state index < -0.39 is 17.1 Å². The fourth-order valence-corrected chi connectivity index (χ4v) is 3.85. The second kappa shape index (κ2) is 7.92. The molecule has 0 aliphatic carbocycles. The molecule has 0 spiro atoms. The van der Waals surface area contributed by atoms with Crippen molar-refractivity contribution in [3.63, 3.8) is 0 Å². The molecule has 0 saturated carbocycles. The summed E-state index contributed by atoms with van der Waals surface area (Å²) in [5.74, 6) is -0.307. The Morgan fingerprint density at radius 2 is 1.90 bits per heavy atom. The lowest BCUT2D eigenvalue weighted by molar-refractivity contribution is -0.128. The number of benzene rings is 2. The standard InChI is InChI=1S/C21H17N3O4S/c1-28-15-9-7-14(8-10-15)17-11-16(13-5-3-2-4-6-13)23-24(17)19(25)12-18-20(26)22-21(27)29-18/h2-10,12,17H,11H2,1H3,(H,22,26,27)/b18-12-. The molecule has 0 aromatic heterocycles. The van der Waals surface area contributed by atoms with Gasteiger partial charge in [0.25, 0.3) is 17.1 Å². The van der Waals surface area contributed by atoms with Crippen molar-refractivity contribution in [3.05, 3.63) is 76.7 Å². The first-order chi connectivity index (χ1) is 14.0. The number of hydrogen-bond donors (Lipinski definition) is 1. The highest BCUT2D eigenvalue weighted by Crippen LogP contribution is 2.34. The van der Waals surface area contributed by atoms with Crippen LogP contribution in [-0.4, -0.2) is 34.9 Å². The number of thioether (sulfide) groups is 1. The second-order valence-corrected chi connectivity index (χ2v) is 7.46.